The van der Waals surface area contributed by atoms with Crippen LogP contribution in [0.25, 0.3) is 10.2 Å². The van der Waals surface area contributed by atoms with Crippen molar-refractivity contribution < 1.29 is 4.79 Å². The minimum Gasteiger partial charge on any atom is -0.309 e. The summed E-state index contributed by atoms with van der Waals surface area (Å²) >= 11 is 2.71. The van der Waals surface area contributed by atoms with Crippen LogP contribution in [0.4, 0.5) is 5.13 Å². The fraction of sp³-hybridized carbons (Fsp3) is 0.444. The summed E-state index contributed by atoms with van der Waals surface area (Å²) in [7, 11) is 4.07. The minimum absolute atomic E-state index is 0. The van der Waals surface area contributed by atoms with Gasteiger partial charge >= 0.3 is 0 Å². The number of anilines is 1. The van der Waals surface area contributed by atoms with Crippen LogP contribution in [0, 0.1) is 20.8 Å². The predicted molar refractivity (Wildman–Crippen MR) is 116 cm³/mol. The summed E-state index contributed by atoms with van der Waals surface area (Å²) in [5.41, 5.74) is 4.03. The third-order valence-electron chi connectivity index (χ3n) is 4.38. The van der Waals surface area contributed by atoms with Gasteiger partial charge in [0.1, 0.15) is 4.88 Å². The summed E-state index contributed by atoms with van der Waals surface area (Å²) in [4.78, 5) is 22.4. The number of hydrogen-bond acceptors (Lipinski definition) is 7. The lowest BCUT2D eigenvalue weighted by atomic mass is 10.1. The van der Waals surface area contributed by atoms with Gasteiger partial charge in [-0.25, -0.2) is 4.98 Å². The van der Waals surface area contributed by atoms with Crippen LogP contribution >= 0.6 is 35.3 Å². The van der Waals surface area contributed by atoms with Gasteiger partial charge in [-0.05, 0) is 76.6 Å². The first-order chi connectivity index (χ1) is 12.4. The van der Waals surface area contributed by atoms with Gasteiger partial charge in [0, 0.05) is 6.54 Å². The van der Waals surface area contributed by atoms with Crippen molar-refractivity contribution >= 4 is 56.5 Å². The van der Waals surface area contributed by atoms with Crippen LogP contribution in [0.1, 0.15) is 32.9 Å². The molecule has 0 saturated carbocycles. The van der Waals surface area contributed by atoms with Crippen LogP contribution in [-0.2, 0) is 0 Å². The van der Waals surface area contributed by atoms with E-state index in [1.165, 1.54) is 11.1 Å². The molecule has 0 aliphatic rings. The Balaban J connectivity index is 0.00000261. The molecule has 0 fully saturated rings. The Labute approximate surface area is 173 Å². The molecule has 2 heterocycles. The number of nitrogens with zero attached hydrogens (tertiary/aromatic N) is 5. The topological polar surface area (TPSA) is 62.2 Å². The van der Waals surface area contributed by atoms with Gasteiger partial charge in [0.2, 0.25) is 0 Å². The molecule has 0 N–H and O–H groups in total. The van der Waals surface area contributed by atoms with Crippen molar-refractivity contribution in [1.29, 1.82) is 0 Å². The molecule has 0 radical (unpaired) electrons. The number of amides is 1. The van der Waals surface area contributed by atoms with E-state index in [-0.39, 0.29) is 18.3 Å². The fourth-order valence-corrected chi connectivity index (χ4v) is 4.36. The van der Waals surface area contributed by atoms with Crippen molar-refractivity contribution in [2.45, 2.75) is 27.2 Å². The molecule has 27 heavy (non-hydrogen) atoms. The molecule has 6 nitrogen and oxygen atoms in total. The second-order valence-electron chi connectivity index (χ2n) is 6.65. The number of benzene rings is 1. The maximum absolute atomic E-state index is 13.1. The highest BCUT2D eigenvalue weighted by molar-refractivity contribution is 7.22. The molecule has 146 valence electrons. The van der Waals surface area contributed by atoms with Gasteiger partial charge in [-0.2, -0.15) is 0 Å². The van der Waals surface area contributed by atoms with E-state index < -0.39 is 0 Å². The molecular weight excluding hydrogens is 402 g/mol. The van der Waals surface area contributed by atoms with Crippen molar-refractivity contribution in [3.05, 3.63) is 33.8 Å². The van der Waals surface area contributed by atoms with Crippen LogP contribution in [0.15, 0.2) is 12.1 Å². The van der Waals surface area contributed by atoms with E-state index in [9.17, 15) is 4.79 Å². The molecule has 9 heteroatoms. The average Bonchev–Trinajstić information content (AvgIpc) is 3.21. The van der Waals surface area contributed by atoms with Gasteiger partial charge < -0.3 is 4.90 Å². The van der Waals surface area contributed by atoms with E-state index in [1.54, 1.807) is 16.2 Å². The van der Waals surface area contributed by atoms with E-state index in [4.69, 9.17) is 4.98 Å². The van der Waals surface area contributed by atoms with Gasteiger partial charge in [0.15, 0.2) is 5.13 Å². The number of thiazole rings is 1. The number of rotatable bonds is 6. The predicted octanol–water partition coefficient (Wildman–Crippen LogP) is 4.09. The number of carbonyl (C=O) groups excluding carboxylic acids is 1. The SMILES string of the molecule is Cc1ccc2sc(N(CCCN(C)C)C(=O)c3snnc3C)nc2c1C.Cl. The normalized spacial score (nSPS) is 11.0. The number of fused-ring (bicyclic) bond motifs is 1. The van der Waals surface area contributed by atoms with E-state index in [0.29, 0.717) is 17.1 Å². The molecule has 3 aromatic rings. The summed E-state index contributed by atoms with van der Waals surface area (Å²) in [6, 6.07) is 4.19. The number of aryl methyl sites for hydroxylation is 3. The monoisotopic (exact) mass is 425 g/mol. The minimum atomic E-state index is -0.0651. The molecule has 0 spiro atoms. The Morgan fingerprint density at radius 1 is 1.15 bits per heavy atom. The largest absolute Gasteiger partial charge is 0.309 e. The number of hydrogen-bond donors (Lipinski definition) is 0. The lowest BCUT2D eigenvalue weighted by Gasteiger charge is -2.20. The number of carbonyl (C=O) groups is 1. The summed E-state index contributed by atoms with van der Waals surface area (Å²) in [5.74, 6) is -0.0651. The first-order valence-electron chi connectivity index (χ1n) is 8.50. The first kappa shape index (κ1) is 21.7. The Bertz CT molecular complexity index is 937. The Hall–Kier alpha value is -1.61. The Morgan fingerprint density at radius 2 is 1.89 bits per heavy atom. The number of aromatic nitrogens is 3. The maximum Gasteiger partial charge on any atom is 0.273 e. The molecule has 0 bridgehead atoms. The molecule has 0 saturated heterocycles. The van der Waals surface area contributed by atoms with Crippen molar-refractivity contribution in [2.75, 3.05) is 32.1 Å². The Kier molecular flexibility index (Phi) is 7.27. The zero-order chi connectivity index (χ0) is 18.8. The lowest BCUT2D eigenvalue weighted by molar-refractivity contribution is 0.0989. The molecule has 0 atom stereocenters. The molecule has 0 unspecified atom stereocenters. The molecule has 1 aromatic carbocycles. The van der Waals surface area contributed by atoms with Crippen molar-refractivity contribution in [2.24, 2.45) is 0 Å². The van der Waals surface area contributed by atoms with Crippen molar-refractivity contribution in [3.8, 4) is 0 Å². The highest BCUT2D eigenvalue weighted by Crippen LogP contribution is 2.33. The molecule has 2 aromatic heterocycles. The van der Waals surface area contributed by atoms with Crippen LogP contribution in [0.3, 0.4) is 0 Å². The van der Waals surface area contributed by atoms with Crippen molar-refractivity contribution in [3.63, 3.8) is 0 Å². The summed E-state index contributed by atoms with van der Waals surface area (Å²) in [6.07, 6.45) is 0.873. The van der Waals surface area contributed by atoms with Crippen LogP contribution in [0.5, 0.6) is 0 Å². The zero-order valence-corrected chi connectivity index (χ0v) is 18.6. The molecular formula is C18H24ClN5OS2. The van der Waals surface area contributed by atoms with Gasteiger partial charge in [0.25, 0.3) is 5.91 Å². The third-order valence-corrected chi connectivity index (χ3v) is 6.24. The molecule has 0 aliphatic carbocycles. The quantitative estimate of drug-likeness (QED) is 0.595. The molecule has 0 aliphatic heterocycles. The van der Waals surface area contributed by atoms with E-state index >= 15 is 0 Å². The average molecular weight is 426 g/mol. The number of halogens is 1. The van der Waals surface area contributed by atoms with Crippen LogP contribution in [-0.4, -0.2) is 52.6 Å². The second-order valence-corrected chi connectivity index (χ2v) is 8.41. The summed E-state index contributed by atoms with van der Waals surface area (Å²) in [5, 5.41) is 4.73. The molecule has 1 amide bonds. The second kappa shape index (κ2) is 9.05. The van der Waals surface area contributed by atoms with E-state index in [1.807, 2.05) is 21.0 Å². The van der Waals surface area contributed by atoms with Crippen LogP contribution < -0.4 is 4.90 Å². The highest BCUT2D eigenvalue weighted by Gasteiger charge is 2.25. The third kappa shape index (κ3) is 4.63. The maximum atomic E-state index is 13.1. The van der Waals surface area contributed by atoms with Crippen LogP contribution in [0.2, 0.25) is 0 Å². The van der Waals surface area contributed by atoms with E-state index in [2.05, 4.69) is 40.5 Å². The first-order valence-corrected chi connectivity index (χ1v) is 10.1. The van der Waals surface area contributed by atoms with Gasteiger partial charge in [-0.1, -0.05) is 21.9 Å². The van der Waals surface area contributed by atoms with Gasteiger partial charge in [-0.3, -0.25) is 9.69 Å². The standard InChI is InChI=1S/C18H23N5OS2.ClH/c1-11-7-8-14-15(12(11)2)19-18(25-14)23(10-6-9-22(4)5)17(24)16-13(3)20-21-26-16;/h7-8H,6,9-10H2,1-5H3;1H. The van der Waals surface area contributed by atoms with Crippen molar-refractivity contribution in [1.82, 2.24) is 19.5 Å². The lowest BCUT2D eigenvalue weighted by Crippen LogP contribution is -2.33. The fourth-order valence-electron chi connectivity index (χ4n) is 2.71. The molecule has 3 rings (SSSR count). The van der Waals surface area contributed by atoms with Gasteiger partial charge in [-0.15, -0.1) is 17.5 Å². The smallest absolute Gasteiger partial charge is 0.273 e. The highest BCUT2D eigenvalue weighted by atomic mass is 35.5. The zero-order valence-electron chi connectivity index (χ0n) is 16.1. The van der Waals surface area contributed by atoms with Gasteiger partial charge in [0.05, 0.1) is 15.9 Å². The summed E-state index contributed by atoms with van der Waals surface area (Å²) in [6.45, 7) is 7.51. The van der Waals surface area contributed by atoms with E-state index in [0.717, 1.165) is 39.8 Å². The summed E-state index contributed by atoms with van der Waals surface area (Å²) < 4.78 is 5.02. The Morgan fingerprint density at radius 3 is 2.52 bits per heavy atom.